The van der Waals surface area contributed by atoms with Crippen LogP contribution < -0.4 is 4.74 Å². The van der Waals surface area contributed by atoms with Gasteiger partial charge in [0.15, 0.2) is 15.3 Å². The highest BCUT2D eigenvalue weighted by atomic mass is 28.3. The first-order valence-electron chi connectivity index (χ1n) is 15.5. The lowest BCUT2D eigenvalue weighted by atomic mass is 9.74. The third-order valence-corrected chi connectivity index (χ3v) is 8.80. The number of carboxylic acids is 1. The van der Waals surface area contributed by atoms with Crippen molar-refractivity contribution in [2.45, 2.75) is 136 Å². The summed E-state index contributed by atoms with van der Waals surface area (Å²) in [5, 5.41) is 19.9. The van der Waals surface area contributed by atoms with Crippen LogP contribution in [0, 0.1) is 17.3 Å². The van der Waals surface area contributed by atoms with E-state index in [1.807, 2.05) is 30.3 Å². The van der Waals surface area contributed by atoms with Crippen LogP contribution >= 0.6 is 0 Å². The lowest BCUT2D eigenvalue weighted by molar-refractivity contribution is -0.144. The molecule has 1 fully saturated rings. The fourth-order valence-electron chi connectivity index (χ4n) is 5.77. The number of rotatable bonds is 18. The van der Waals surface area contributed by atoms with Crippen molar-refractivity contribution in [3.8, 4) is 5.75 Å². The maximum absolute atomic E-state index is 11.2. The zero-order valence-corrected chi connectivity index (χ0v) is 26.5. The normalized spacial score (nSPS) is 21.8. The molecule has 1 saturated carbocycles. The number of para-hydroxylation sites is 1. The first-order valence-corrected chi connectivity index (χ1v) is 18.2. The van der Waals surface area contributed by atoms with Crippen molar-refractivity contribution in [3.63, 3.8) is 0 Å². The van der Waals surface area contributed by atoms with E-state index >= 15 is 0 Å². The molecule has 1 aliphatic rings. The minimum absolute atomic E-state index is 0.124. The summed E-state index contributed by atoms with van der Waals surface area (Å²) in [4.78, 5) is 11.2. The molecule has 1 aliphatic carbocycles. The van der Waals surface area contributed by atoms with E-state index in [1.54, 1.807) is 0 Å². The van der Waals surface area contributed by atoms with Gasteiger partial charge >= 0.3 is 5.97 Å². The van der Waals surface area contributed by atoms with Gasteiger partial charge in [0, 0.05) is 6.42 Å². The predicted octanol–water partition coefficient (Wildman–Crippen LogP) is 8.52. The highest BCUT2D eigenvalue weighted by molar-refractivity contribution is 6.48. The highest BCUT2D eigenvalue weighted by Crippen LogP contribution is 2.37. The second kappa shape index (κ2) is 17.2. The molecule has 1 aromatic carbocycles. The molecule has 4 unspecified atom stereocenters. The predicted molar refractivity (Wildman–Crippen MR) is 164 cm³/mol. The summed E-state index contributed by atoms with van der Waals surface area (Å²) in [6, 6.07) is 10.00. The smallest absolute Gasteiger partial charge is 0.306 e. The molecule has 4 atom stereocenters. The molecule has 6 heteroatoms. The Balaban J connectivity index is 1.65. The summed E-state index contributed by atoms with van der Waals surface area (Å²) < 4.78 is 12.2. The average Bonchev–Trinajstić information content (AvgIpc) is 2.83. The van der Waals surface area contributed by atoms with Crippen molar-refractivity contribution in [1.82, 2.24) is 0 Å². The van der Waals surface area contributed by atoms with Crippen LogP contribution in [-0.4, -0.2) is 37.1 Å². The summed E-state index contributed by atoms with van der Waals surface area (Å²) in [7, 11) is -1.16. The van der Waals surface area contributed by atoms with Crippen LogP contribution in [-0.2, 0) is 9.22 Å². The SMILES string of the molecule is C[SiH](C)OC(CCCCCCCCCC(C=CC1CCCC(O)(CC(=O)O)C1)C(C)(C)C)Oc1ccccc1. The number of aliphatic carboxylic acids is 1. The Kier molecular flexibility index (Phi) is 14.8. The van der Waals surface area contributed by atoms with E-state index in [0.29, 0.717) is 18.8 Å². The van der Waals surface area contributed by atoms with Gasteiger partial charge in [-0.1, -0.05) is 89.6 Å². The van der Waals surface area contributed by atoms with E-state index in [4.69, 9.17) is 14.3 Å². The van der Waals surface area contributed by atoms with Crippen LogP contribution in [0.4, 0.5) is 0 Å². The van der Waals surface area contributed by atoms with Gasteiger partial charge in [-0.3, -0.25) is 4.79 Å². The maximum Gasteiger partial charge on any atom is 0.306 e. The van der Waals surface area contributed by atoms with Crippen LogP contribution in [0.25, 0.3) is 0 Å². The molecule has 2 N–H and O–H groups in total. The molecule has 0 spiro atoms. The second-order valence-corrected chi connectivity index (χ2v) is 15.5. The van der Waals surface area contributed by atoms with Gasteiger partial charge < -0.3 is 19.4 Å². The largest absolute Gasteiger partial charge is 0.481 e. The van der Waals surface area contributed by atoms with Gasteiger partial charge in [0.05, 0.1) is 12.0 Å². The van der Waals surface area contributed by atoms with E-state index in [1.165, 1.54) is 44.9 Å². The molecule has 39 heavy (non-hydrogen) atoms. The van der Waals surface area contributed by atoms with Crippen molar-refractivity contribution in [2.75, 3.05) is 0 Å². The second-order valence-electron chi connectivity index (χ2n) is 13.1. The molecular weight excluding hydrogens is 504 g/mol. The number of aliphatic hydroxyl groups is 1. The lowest BCUT2D eigenvalue weighted by Gasteiger charge is -2.35. The Bertz CT molecular complexity index is 834. The quantitative estimate of drug-likeness (QED) is 0.0814. The first-order chi connectivity index (χ1) is 18.5. The molecule has 0 amide bonds. The van der Waals surface area contributed by atoms with Crippen LogP contribution in [0.15, 0.2) is 42.5 Å². The van der Waals surface area contributed by atoms with E-state index < -0.39 is 20.6 Å². The molecule has 0 heterocycles. The molecule has 0 bridgehead atoms. The topological polar surface area (TPSA) is 76.0 Å². The van der Waals surface area contributed by atoms with Gasteiger partial charge in [-0.05, 0) is 81.0 Å². The Labute approximate surface area is 240 Å². The number of unbranched alkanes of at least 4 members (excludes halogenated alkanes) is 6. The first kappa shape index (κ1) is 33.6. The number of allylic oxidation sites excluding steroid dienone is 2. The third kappa shape index (κ3) is 14.5. The number of hydrogen-bond donors (Lipinski definition) is 2. The van der Waals surface area contributed by atoms with Crippen LogP contribution in [0.2, 0.25) is 13.1 Å². The summed E-state index contributed by atoms with van der Waals surface area (Å²) >= 11 is 0. The summed E-state index contributed by atoms with van der Waals surface area (Å²) in [6.45, 7) is 11.3. The third-order valence-electron chi connectivity index (χ3n) is 7.96. The van der Waals surface area contributed by atoms with Crippen molar-refractivity contribution >= 4 is 15.0 Å². The van der Waals surface area contributed by atoms with Crippen LogP contribution in [0.3, 0.4) is 0 Å². The van der Waals surface area contributed by atoms with Crippen molar-refractivity contribution in [2.24, 2.45) is 17.3 Å². The number of benzene rings is 1. The Morgan fingerprint density at radius 3 is 2.26 bits per heavy atom. The van der Waals surface area contributed by atoms with Crippen LogP contribution in [0.5, 0.6) is 5.75 Å². The zero-order chi connectivity index (χ0) is 28.7. The summed E-state index contributed by atoms with van der Waals surface area (Å²) in [5.41, 5.74) is -0.850. The Morgan fingerprint density at radius 1 is 1.05 bits per heavy atom. The molecule has 0 aliphatic heterocycles. The van der Waals surface area contributed by atoms with Gasteiger partial charge in [-0.2, -0.15) is 0 Å². The Morgan fingerprint density at radius 2 is 1.67 bits per heavy atom. The number of hydrogen-bond acceptors (Lipinski definition) is 4. The lowest BCUT2D eigenvalue weighted by Crippen LogP contribution is -2.37. The standard InChI is InChI=1S/C33H56O5Si/c1-32(2,3)28(23-22-27-17-16-24-33(36,25-27)26-30(34)35)18-12-9-7-6-8-10-15-21-31(38-39(4)5)37-29-19-13-11-14-20-29/h11,13-14,19-20,22-23,27-28,31,36,39H,6-10,12,15-18,21,24-26H2,1-5H3,(H,34,35). The number of ether oxygens (including phenoxy) is 1. The molecular formula is C33H56O5Si. The van der Waals surface area contributed by atoms with Gasteiger partial charge in [-0.25, -0.2) is 0 Å². The molecule has 0 radical (unpaired) electrons. The average molecular weight is 561 g/mol. The van der Waals surface area contributed by atoms with Crippen molar-refractivity contribution in [1.29, 1.82) is 0 Å². The molecule has 2 rings (SSSR count). The fraction of sp³-hybridized carbons (Fsp3) is 0.727. The zero-order valence-electron chi connectivity index (χ0n) is 25.4. The van der Waals surface area contributed by atoms with E-state index in [9.17, 15) is 9.90 Å². The van der Waals surface area contributed by atoms with E-state index in [2.05, 4.69) is 46.0 Å². The van der Waals surface area contributed by atoms with Crippen molar-refractivity contribution in [3.05, 3.63) is 42.5 Å². The molecule has 5 nitrogen and oxygen atoms in total. The number of carbonyl (C=O) groups is 1. The van der Waals surface area contributed by atoms with Crippen molar-refractivity contribution < 1.29 is 24.2 Å². The van der Waals surface area contributed by atoms with Gasteiger partial charge in [-0.15, -0.1) is 0 Å². The summed E-state index contributed by atoms with van der Waals surface area (Å²) in [6.07, 6.45) is 18.3. The molecule has 0 aromatic heterocycles. The minimum Gasteiger partial charge on any atom is -0.481 e. The number of carboxylic acid groups (broad SMARTS) is 1. The van der Waals surface area contributed by atoms with Gasteiger partial charge in [0.1, 0.15) is 5.75 Å². The highest BCUT2D eigenvalue weighted by Gasteiger charge is 2.35. The fourth-order valence-corrected chi connectivity index (χ4v) is 6.57. The van der Waals surface area contributed by atoms with Gasteiger partial charge in [0.25, 0.3) is 0 Å². The maximum atomic E-state index is 11.2. The summed E-state index contributed by atoms with van der Waals surface area (Å²) in [5.74, 6) is 0.758. The molecule has 222 valence electrons. The van der Waals surface area contributed by atoms with E-state index in [0.717, 1.165) is 31.4 Å². The minimum atomic E-state index is -1.16. The monoisotopic (exact) mass is 560 g/mol. The van der Waals surface area contributed by atoms with Gasteiger partial charge in [0.2, 0.25) is 0 Å². The molecule has 1 aromatic rings. The Hall–Kier alpha value is -1.63. The van der Waals surface area contributed by atoms with E-state index in [-0.39, 0.29) is 24.0 Å². The van der Waals surface area contributed by atoms with Crippen LogP contribution in [0.1, 0.15) is 111 Å². The molecule has 0 saturated heterocycles.